The fraction of sp³-hybridized carbons (Fsp3) is 1.00. The van der Waals surface area contributed by atoms with E-state index < -0.39 is 36.6 Å². The Balaban J connectivity index is 2.90. The van der Waals surface area contributed by atoms with Gasteiger partial charge in [-0.1, -0.05) is 0 Å². The van der Waals surface area contributed by atoms with Gasteiger partial charge in [-0.2, -0.15) is 0 Å². The molecular formula is C6H13NO5. The Kier molecular flexibility index (Phi) is 2.39. The van der Waals surface area contributed by atoms with Gasteiger partial charge in [0, 0.05) is 0 Å². The molecular weight excluding hydrogens is 166 g/mol. The second kappa shape index (κ2) is 2.91. The second-order valence-corrected chi connectivity index (χ2v) is 3.10. The first-order valence-electron chi connectivity index (χ1n) is 3.58. The van der Waals surface area contributed by atoms with E-state index in [9.17, 15) is 5.11 Å². The highest BCUT2D eigenvalue weighted by molar-refractivity contribution is 5.11. The van der Waals surface area contributed by atoms with Crippen LogP contribution in [0.3, 0.4) is 0 Å². The lowest BCUT2D eigenvalue weighted by molar-refractivity contribution is -0.116. The van der Waals surface area contributed by atoms with E-state index in [2.05, 4.69) is 0 Å². The first-order chi connectivity index (χ1) is 5.45. The molecule has 0 bridgehead atoms. The van der Waals surface area contributed by atoms with E-state index in [4.69, 9.17) is 26.2 Å². The number of nitrogens with two attached hydrogens (primary N) is 1. The molecule has 12 heavy (non-hydrogen) atoms. The quantitative estimate of drug-likeness (QED) is 0.244. The summed E-state index contributed by atoms with van der Waals surface area (Å²) in [6.07, 6.45) is -4.55. The Morgan fingerprint density at radius 2 is 1.67 bits per heavy atom. The largest absolute Gasteiger partial charge is 0.393 e. The minimum Gasteiger partial charge on any atom is -0.393 e. The molecule has 5 atom stereocenters. The first-order valence-corrected chi connectivity index (χ1v) is 3.58. The van der Waals surface area contributed by atoms with Crippen LogP contribution >= 0.6 is 0 Å². The lowest BCUT2D eigenvalue weighted by Crippen LogP contribution is -2.55. The SMILES string of the molecule is N[C@H]1[C@H](O)[C@@H](O)[C@H](O)[C@]1(O)CO. The summed E-state index contributed by atoms with van der Waals surface area (Å²) in [6, 6.07) is -1.24. The Bertz CT molecular complexity index is 161. The predicted octanol–water partition coefficient (Wildman–Crippen LogP) is -3.87. The smallest absolute Gasteiger partial charge is 0.134 e. The average Bonchev–Trinajstić information content (AvgIpc) is 2.22. The van der Waals surface area contributed by atoms with Gasteiger partial charge in [0.25, 0.3) is 0 Å². The third-order valence-corrected chi connectivity index (χ3v) is 2.38. The van der Waals surface area contributed by atoms with E-state index in [1.807, 2.05) is 0 Å². The molecule has 7 N–H and O–H groups in total. The van der Waals surface area contributed by atoms with Crippen LogP contribution in [-0.2, 0) is 0 Å². The molecule has 0 unspecified atom stereocenters. The van der Waals surface area contributed by atoms with Crippen molar-refractivity contribution in [3.05, 3.63) is 0 Å². The van der Waals surface area contributed by atoms with Crippen LogP contribution in [0.15, 0.2) is 0 Å². The van der Waals surface area contributed by atoms with Gasteiger partial charge >= 0.3 is 0 Å². The fourth-order valence-electron chi connectivity index (χ4n) is 1.39. The van der Waals surface area contributed by atoms with E-state index in [0.717, 1.165) is 0 Å². The number of aliphatic hydroxyl groups excluding tert-OH is 4. The van der Waals surface area contributed by atoms with E-state index in [1.165, 1.54) is 0 Å². The zero-order valence-electron chi connectivity index (χ0n) is 6.33. The summed E-state index contributed by atoms with van der Waals surface area (Å²) in [6.45, 7) is -0.802. The molecule has 0 saturated heterocycles. The second-order valence-electron chi connectivity index (χ2n) is 3.10. The molecule has 0 aromatic carbocycles. The van der Waals surface area contributed by atoms with Crippen LogP contribution in [-0.4, -0.2) is 62.1 Å². The fourth-order valence-corrected chi connectivity index (χ4v) is 1.39. The molecule has 0 radical (unpaired) electrons. The van der Waals surface area contributed by atoms with Crippen molar-refractivity contribution in [3.8, 4) is 0 Å². The zero-order valence-corrected chi connectivity index (χ0v) is 6.33. The predicted molar refractivity (Wildman–Crippen MR) is 38.0 cm³/mol. The third kappa shape index (κ3) is 1.05. The number of aliphatic hydroxyl groups is 5. The van der Waals surface area contributed by atoms with Gasteiger partial charge in [-0.05, 0) is 0 Å². The third-order valence-electron chi connectivity index (χ3n) is 2.38. The van der Waals surface area contributed by atoms with Crippen molar-refractivity contribution in [1.82, 2.24) is 0 Å². The molecule has 0 spiro atoms. The van der Waals surface area contributed by atoms with Gasteiger partial charge in [-0.25, -0.2) is 0 Å². The molecule has 1 rings (SSSR count). The van der Waals surface area contributed by atoms with E-state index >= 15 is 0 Å². The van der Waals surface area contributed by atoms with Crippen LogP contribution < -0.4 is 5.73 Å². The summed E-state index contributed by atoms with van der Waals surface area (Å²) in [4.78, 5) is 0. The van der Waals surface area contributed by atoms with Crippen LogP contribution in [0.1, 0.15) is 0 Å². The zero-order chi connectivity index (χ0) is 9.52. The number of rotatable bonds is 1. The molecule has 0 amide bonds. The summed E-state index contributed by atoms with van der Waals surface area (Å²) >= 11 is 0. The van der Waals surface area contributed by atoms with E-state index in [1.54, 1.807) is 0 Å². The summed E-state index contributed by atoms with van der Waals surface area (Å²) in [5, 5.41) is 45.4. The van der Waals surface area contributed by atoms with E-state index in [-0.39, 0.29) is 0 Å². The lowest BCUT2D eigenvalue weighted by Gasteiger charge is -2.28. The Hall–Kier alpha value is -0.240. The standard InChI is InChI=1S/C6H13NO5/c7-4-2(9)3(10)5(11)6(4,12)1-8/h2-5,8-12H,1,7H2/t2-,3-,4+,5+,6+/m1/s1. The van der Waals surface area contributed by atoms with Gasteiger partial charge < -0.3 is 31.3 Å². The molecule has 0 aromatic rings. The van der Waals surface area contributed by atoms with Crippen molar-refractivity contribution in [2.45, 2.75) is 30.0 Å². The molecule has 1 aliphatic carbocycles. The first kappa shape index (κ1) is 9.85. The van der Waals surface area contributed by atoms with Crippen LogP contribution in [0.4, 0.5) is 0 Å². The van der Waals surface area contributed by atoms with Gasteiger partial charge in [0.1, 0.15) is 23.9 Å². The molecule has 6 heteroatoms. The van der Waals surface area contributed by atoms with Gasteiger partial charge in [-0.3, -0.25) is 0 Å². The maximum atomic E-state index is 9.43. The minimum absolute atomic E-state index is 0.802. The molecule has 1 aliphatic rings. The Labute approximate surface area is 68.9 Å². The topological polar surface area (TPSA) is 127 Å². The van der Waals surface area contributed by atoms with Crippen LogP contribution in [0.5, 0.6) is 0 Å². The van der Waals surface area contributed by atoms with Gasteiger partial charge in [0.15, 0.2) is 0 Å². The normalized spacial score (nSPS) is 54.5. The van der Waals surface area contributed by atoms with Gasteiger partial charge in [0.2, 0.25) is 0 Å². The van der Waals surface area contributed by atoms with Crippen molar-refractivity contribution in [2.24, 2.45) is 5.73 Å². The van der Waals surface area contributed by atoms with Crippen molar-refractivity contribution in [2.75, 3.05) is 6.61 Å². The van der Waals surface area contributed by atoms with E-state index in [0.29, 0.717) is 0 Å². The van der Waals surface area contributed by atoms with Gasteiger partial charge in [0.05, 0.1) is 12.6 Å². The Morgan fingerprint density at radius 3 is 1.83 bits per heavy atom. The maximum Gasteiger partial charge on any atom is 0.134 e. The summed E-state index contributed by atoms with van der Waals surface area (Å²) < 4.78 is 0. The minimum atomic E-state index is -2.02. The van der Waals surface area contributed by atoms with Crippen molar-refractivity contribution < 1.29 is 25.5 Å². The summed E-state index contributed by atoms with van der Waals surface area (Å²) in [7, 11) is 0. The van der Waals surface area contributed by atoms with Crippen molar-refractivity contribution >= 4 is 0 Å². The monoisotopic (exact) mass is 179 g/mol. The maximum absolute atomic E-state index is 9.43. The van der Waals surface area contributed by atoms with Crippen molar-refractivity contribution in [1.29, 1.82) is 0 Å². The van der Waals surface area contributed by atoms with Crippen LogP contribution in [0.2, 0.25) is 0 Å². The number of hydrogen-bond acceptors (Lipinski definition) is 6. The van der Waals surface area contributed by atoms with Crippen LogP contribution in [0, 0.1) is 0 Å². The molecule has 0 heterocycles. The summed E-state index contributed by atoms with van der Waals surface area (Å²) in [5.41, 5.74) is 3.25. The molecule has 0 aromatic heterocycles. The highest BCUT2D eigenvalue weighted by Gasteiger charge is 2.57. The lowest BCUT2D eigenvalue weighted by atomic mass is 9.97. The van der Waals surface area contributed by atoms with Gasteiger partial charge in [-0.15, -0.1) is 0 Å². The summed E-state index contributed by atoms with van der Waals surface area (Å²) in [5.74, 6) is 0. The van der Waals surface area contributed by atoms with Crippen molar-refractivity contribution in [3.63, 3.8) is 0 Å². The average molecular weight is 179 g/mol. The molecule has 72 valence electrons. The molecule has 6 nitrogen and oxygen atoms in total. The molecule has 1 fully saturated rings. The Morgan fingerprint density at radius 1 is 1.17 bits per heavy atom. The molecule has 0 aliphatic heterocycles. The highest BCUT2D eigenvalue weighted by Crippen LogP contribution is 2.29. The molecule has 1 saturated carbocycles. The van der Waals surface area contributed by atoms with Crippen LogP contribution in [0.25, 0.3) is 0 Å². The highest BCUT2D eigenvalue weighted by atomic mass is 16.4. The number of hydrogen-bond donors (Lipinski definition) is 6.